The van der Waals surface area contributed by atoms with Gasteiger partial charge in [0, 0.05) is 50.7 Å². The van der Waals surface area contributed by atoms with E-state index in [4.69, 9.17) is 4.98 Å². The number of carbonyl (C=O) groups is 1. The maximum atomic E-state index is 13.0. The number of aryl methyl sites for hydroxylation is 4. The molecule has 0 saturated carbocycles. The molecule has 1 aromatic carbocycles. The van der Waals surface area contributed by atoms with Crippen molar-refractivity contribution >= 4 is 27.0 Å². The zero-order chi connectivity index (χ0) is 24.6. The number of nitrogens with zero attached hydrogens (tertiary/aromatic N) is 6. The highest BCUT2D eigenvalue weighted by Gasteiger charge is 2.31. The number of amides is 1. The van der Waals surface area contributed by atoms with Gasteiger partial charge in [0.1, 0.15) is 6.07 Å². The lowest BCUT2D eigenvalue weighted by molar-refractivity contribution is -0.132. The summed E-state index contributed by atoms with van der Waals surface area (Å²) in [6.45, 7) is 7.02. The van der Waals surface area contributed by atoms with Gasteiger partial charge in [0.25, 0.3) is 0 Å². The van der Waals surface area contributed by atoms with E-state index in [2.05, 4.69) is 5.10 Å². The first-order chi connectivity index (χ1) is 16.1. The van der Waals surface area contributed by atoms with Gasteiger partial charge in [-0.2, -0.15) is 14.7 Å². The Balaban J connectivity index is 1.42. The molecule has 0 bridgehead atoms. The third-order valence-electron chi connectivity index (χ3n) is 6.54. The summed E-state index contributed by atoms with van der Waals surface area (Å²) in [5.41, 5.74) is 4.96. The van der Waals surface area contributed by atoms with Crippen molar-refractivity contribution in [1.29, 1.82) is 5.26 Å². The number of sulfonamides is 1. The quantitative estimate of drug-likeness (QED) is 0.554. The molecule has 0 atom stereocenters. The van der Waals surface area contributed by atoms with E-state index in [1.54, 1.807) is 21.7 Å². The number of rotatable bonds is 5. The van der Waals surface area contributed by atoms with Crippen LogP contribution in [0.25, 0.3) is 11.0 Å². The topological polar surface area (TPSA) is 112 Å². The van der Waals surface area contributed by atoms with Gasteiger partial charge < -0.3 is 4.90 Å². The molecule has 0 radical (unpaired) electrons. The van der Waals surface area contributed by atoms with Crippen LogP contribution in [0.4, 0.5) is 0 Å². The fraction of sp³-hybridized carbons (Fsp3) is 0.417. The normalized spacial score (nSPS) is 15.0. The van der Waals surface area contributed by atoms with Crippen molar-refractivity contribution in [2.45, 2.75) is 38.5 Å². The molecule has 4 rings (SSSR count). The van der Waals surface area contributed by atoms with Gasteiger partial charge in [-0.3, -0.25) is 9.48 Å². The Morgan fingerprint density at radius 2 is 1.76 bits per heavy atom. The van der Waals surface area contributed by atoms with Crippen LogP contribution in [0, 0.1) is 32.1 Å². The van der Waals surface area contributed by atoms with Gasteiger partial charge in [0.15, 0.2) is 5.65 Å². The van der Waals surface area contributed by atoms with Gasteiger partial charge in [-0.15, -0.1) is 0 Å². The van der Waals surface area contributed by atoms with Crippen LogP contribution in [0.3, 0.4) is 0 Å². The van der Waals surface area contributed by atoms with Gasteiger partial charge in [0.2, 0.25) is 15.9 Å². The fourth-order valence-corrected chi connectivity index (χ4v) is 6.29. The van der Waals surface area contributed by atoms with E-state index in [0.29, 0.717) is 25.9 Å². The molecule has 1 amide bonds. The number of nitriles is 1. The number of carbonyl (C=O) groups excluding carboxylic acids is 1. The zero-order valence-corrected chi connectivity index (χ0v) is 20.7. The molecular weight excluding hydrogens is 452 g/mol. The SMILES string of the molecule is Cc1nc2c(c(C)nn2C)c(C)c1CCC(=O)N1CCN(S(=O)(=O)c2ccccc2C#N)CC1. The minimum atomic E-state index is -3.79. The summed E-state index contributed by atoms with van der Waals surface area (Å²) in [5, 5.41) is 14.8. The minimum absolute atomic E-state index is 0.00345. The molecule has 10 heteroatoms. The van der Waals surface area contributed by atoms with Gasteiger partial charge in [-0.25, -0.2) is 13.4 Å². The van der Waals surface area contributed by atoms with Crippen molar-refractivity contribution in [3.63, 3.8) is 0 Å². The minimum Gasteiger partial charge on any atom is -0.340 e. The second-order valence-electron chi connectivity index (χ2n) is 8.60. The smallest absolute Gasteiger partial charge is 0.244 e. The molecule has 3 aromatic rings. The van der Waals surface area contributed by atoms with Crippen molar-refractivity contribution < 1.29 is 13.2 Å². The van der Waals surface area contributed by atoms with Crippen molar-refractivity contribution in [1.82, 2.24) is 24.0 Å². The molecule has 1 aliphatic rings. The molecule has 34 heavy (non-hydrogen) atoms. The number of aromatic nitrogens is 3. The van der Waals surface area contributed by atoms with Gasteiger partial charge >= 0.3 is 0 Å². The van der Waals surface area contributed by atoms with Gasteiger partial charge in [-0.05, 0) is 50.5 Å². The number of pyridine rings is 1. The molecule has 0 spiro atoms. The summed E-state index contributed by atoms with van der Waals surface area (Å²) in [6.07, 6.45) is 0.903. The van der Waals surface area contributed by atoms with Crippen molar-refractivity contribution in [2.75, 3.05) is 26.2 Å². The molecule has 0 unspecified atom stereocenters. The maximum absolute atomic E-state index is 13.0. The molecule has 3 heterocycles. The van der Waals surface area contributed by atoms with Crippen LogP contribution < -0.4 is 0 Å². The molecule has 0 N–H and O–H groups in total. The van der Waals surface area contributed by atoms with Crippen LogP contribution in [0.2, 0.25) is 0 Å². The van der Waals surface area contributed by atoms with E-state index in [1.807, 2.05) is 33.9 Å². The lowest BCUT2D eigenvalue weighted by Crippen LogP contribution is -2.50. The Bertz CT molecular complexity index is 1410. The highest BCUT2D eigenvalue weighted by atomic mass is 32.2. The summed E-state index contributed by atoms with van der Waals surface area (Å²) in [5.74, 6) is -0.00345. The summed E-state index contributed by atoms with van der Waals surface area (Å²) >= 11 is 0. The van der Waals surface area contributed by atoms with Crippen LogP contribution >= 0.6 is 0 Å². The largest absolute Gasteiger partial charge is 0.340 e. The molecule has 178 valence electrons. The Kier molecular flexibility index (Phi) is 6.43. The highest BCUT2D eigenvalue weighted by molar-refractivity contribution is 7.89. The van der Waals surface area contributed by atoms with E-state index >= 15 is 0 Å². The van der Waals surface area contributed by atoms with Gasteiger partial charge in [0.05, 0.1) is 16.2 Å². The Hall–Kier alpha value is -3.29. The van der Waals surface area contributed by atoms with Gasteiger partial charge in [-0.1, -0.05) is 12.1 Å². The number of benzene rings is 1. The highest BCUT2D eigenvalue weighted by Crippen LogP contribution is 2.26. The fourth-order valence-electron chi connectivity index (χ4n) is 4.72. The maximum Gasteiger partial charge on any atom is 0.244 e. The molecular formula is C24H28N6O3S. The predicted octanol–water partition coefficient (Wildman–Crippen LogP) is 2.23. The number of fused-ring (bicyclic) bond motifs is 1. The molecule has 1 fully saturated rings. The lowest BCUT2D eigenvalue weighted by Gasteiger charge is -2.34. The Labute approximate surface area is 199 Å². The summed E-state index contributed by atoms with van der Waals surface area (Å²) in [4.78, 5) is 19.4. The summed E-state index contributed by atoms with van der Waals surface area (Å²) < 4.78 is 29.2. The van der Waals surface area contributed by atoms with Crippen molar-refractivity contribution in [3.05, 3.63) is 52.3 Å². The van der Waals surface area contributed by atoms with E-state index in [-0.39, 0.29) is 29.5 Å². The van der Waals surface area contributed by atoms with Crippen LogP contribution in [0.5, 0.6) is 0 Å². The first-order valence-electron chi connectivity index (χ1n) is 11.2. The Morgan fingerprint density at radius 3 is 2.44 bits per heavy atom. The Morgan fingerprint density at radius 1 is 1.09 bits per heavy atom. The van der Waals surface area contributed by atoms with Crippen LogP contribution in [0.15, 0.2) is 29.2 Å². The number of piperazine rings is 1. The summed E-state index contributed by atoms with van der Waals surface area (Å²) in [6, 6.07) is 8.14. The van der Waals surface area contributed by atoms with E-state index < -0.39 is 10.0 Å². The van der Waals surface area contributed by atoms with E-state index in [9.17, 15) is 18.5 Å². The van der Waals surface area contributed by atoms with E-state index in [1.165, 1.54) is 16.4 Å². The number of hydrogen-bond donors (Lipinski definition) is 0. The van der Waals surface area contributed by atoms with Crippen LogP contribution in [0.1, 0.15) is 34.5 Å². The first-order valence-corrected chi connectivity index (χ1v) is 12.7. The molecule has 2 aromatic heterocycles. The average Bonchev–Trinajstić information content (AvgIpc) is 3.11. The lowest BCUT2D eigenvalue weighted by atomic mass is 9.99. The van der Waals surface area contributed by atoms with Crippen molar-refractivity contribution in [3.8, 4) is 6.07 Å². The predicted molar refractivity (Wildman–Crippen MR) is 128 cm³/mol. The molecule has 1 saturated heterocycles. The summed E-state index contributed by atoms with van der Waals surface area (Å²) in [7, 11) is -1.91. The first kappa shape index (κ1) is 23.9. The second-order valence-corrected chi connectivity index (χ2v) is 10.5. The van der Waals surface area contributed by atoms with Crippen LogP contribution in [-0.2, 0) is 28.3 Å². The zero-order valence-electron chi connectivity index (χ0n) is 19.9. The standard InChI is InChI=1S/C24H28N6O3S/c1-16-20(17(2)26-24-23(16)18(3)27-28(24)4)9-10-22(31)29-11-13-30(14-12-29)34(32,33)21-8-6-5-7-19(21)15-25/h5-8H,9-14H2,1-4H3. The third-order valence-corrected chi connectivity index (χ3v) is 8.49. The number of hydrogen-bond acceptors (Lipinski definition) is 6. The van der Waals surface area contributed by atoms with Crippen molar-refractivity contribution in [2.24, 2.45) is 7.05 Å². The average molecular weight is 481 g/mol. The molecule has 1 aliphatic heterocycles. The monoisotopic (exact) mass is 480 g/mol. The van der Waals surface area contributed by atoms with Crippen LogP contribution in [-0.4, -0.2) is 64.5 Å². The molecule has 9 nitrogen and oxygen atoms in total. The molecule has 0 aliphatic carbocycles. The van der Waals surface area contributed by atoms with E-state index in [0.717, 1.165) is 33.5 Å². The third kappa shape index (κ3) is 4.17. The second kappa shape index (κ2) is 9.16.